The standard InChI is InChI=1S/C16H23NO3/c1-12-4-6-13(7-5-12)14(18)8-9-17-10-15(19-2)16(11-17)20-3/h4-7,15-16H,8-11H2,1-3H3. The van der Waals surface area contributed by atoms with Crippen molar-refractivity contribution >= 4 is 5.78 Å². The maximum absolute atomic E-state index is 12.1. The number of methoxy groups -OCH3 is 2. The Labute approximate surface area is 120 Å². The second-order valence-electron chi connectivity index (χ2n) is 5.35. The van der Waals surface area contributed by atoms with Gasteiger partial charge in [0.2, 0.25) is 0 Å². The number of benzene rings is 1. The van der Waals surface area contributed by atoms with Crippen molar-refractivity contribution in [3.63, 3.8) is 0 Å². The summed E-state index contributed by atoms with van der Waals surface area (Å²) in [7, 11) is 3.41. The molecule has 20 heavy (non-hydrogen) atoms. The lowest BCUT2D eigenvalue weighted by atomic mass is 10.1. The van der Waals surface area contributed by atoms with Gasteiger partial charge in [-0.15, -0.1) is 0 Å². The van der Waals surface area contributed by atoms with Crippen LogP contribution in [0.3, 0.4) is 0 Å². The highest BCUT2D eigenvalue weighted by Crippen LogP contribution is 2.16. The Morgan fingerprint density at radius 2 is 1.70 bits per heavy atom. The topological polar surface area (TPSA) is 38.8 Å². The molecule has 0 amide bonds. The zero-order valence-electron chi connectivity index (χ0n) is 12.5. The van der Waals surface area contributed by atoms with E-state index in [2.05, 4.69) is 4.90 Å². The van der Waals surface area contributed by atoms with Crippen LogP contribution in [0.25, 0.3) is 0 Å². The van der Waals surface area contributed by atoms with E-state index in [9.17, 15) is 4.79 Å². The number of rotatable bonds is 6. The Bertz CT molecular complexity index is 432. The molecule has 2 rings (SSSR count). The molecule has 0 saturated carbocycles. The molecule has 1 saturated heterocycles. The summed E-state index contributed by atoms with van der Waals surface area (Å²) in [5.41, 5.74) is 1.97. The van der Waals surface area contributed by atoms with Gasteiger partial charge in [-0.05, 0) is 6.92 Å². The van der Waals surface area contributed by atoms with Gasteiger partial charge in [0.1, 0.15) is 0 Å². The van der Waals surface area contributed by atoms with Crippen molar-refractivity contribution in [2.24, 2.45) is 0 Å². The summed E-state index contributed by atoms with van der Waals surface area (Å²) in [4.78, 5) is 14.4. The first-order valence-electron chi connectivity index (χ1n) is 7.02. The first-order valence-corrected chi connectivity index (χ1v) is 7.02. The largest absolute Gasteiger partial charge is 0.377 e. The zero-order chi connectivity index (χ0) is 14.5. The highest BCUT2D eigenvalue weighted by Gasteiger charge is 2.32. The van der Waals surface area contributed by atoms with Crippen LogP contribution in [0.2, 0.25) is 0 Å². The van der Waals surface area contributed by atoms with Crippen LogP contribution in [0.5, 0.6) is 0 Å². The molecule has 0 aromatic heterocycles. The van der Waals surface area contributed by atoms with Gasteiger partial charge in [-0.1, -0.05) is 29.8 Å². The van der Waals surface area contributed by atoms with E-state index in [1.807, 2.05) is 31.2 Å². The minimum Gasteiger partial charge on any atom is -0.377 e. The molecule has 110 valence electrons. The molecule has 2 atom stereocenters. The molecule has 4 heteroatoms. The third kappa shape index (κ3) is 3.66. The molecule has 0 spiro atoms. The summed E-state index contributed by atoms with van der Waals surface area (Å²) >= 11 is 0. The van der Waals surface area contributed by atoms with Crippen molar-refractivity contribution in [2.45, 2.75) is 25.6 Å². The summed E-state index contributed by atoms with van der Waals surface area (Å²) in [6, 6.07) is 7.76. The third-order valence-corrected chi connectivity index (χ3v) is 3.93. The highest BCUT2D eigenvalue weighted by molar-refractivity contribution is 5.96. The monoisotopic (exact) mass is 277 g/mol. The van der Waals surface area contributed by atoms with Gasteiger partial charge in [-0.2, -0.15) is 0 Å². The lowest BCUT2D eigenvalue weighted by Crippen LogP contribution is -2.27. The molecule has 1 aromatic rings. The molecule has 0 aliphatic carbocycles. The van der Waals surface area contributed by atoms with Crippen molar-refractivity contribution < 1.29 is 14.3 Å². The number of aryl methyl sites for hydroxylation is 1. The summed E-state index contributed by atoms with van der Waals surface area (Å²) in [6.45, 7) is 4.44. The minimum atomic E-state index is 0.106. The van der Waals surface area contributed by atoms with E-state index in [1.165, 1.54) is 5.56 Å². The summed E-state index contributed by atoms with van der Waals surface area (Å²) in [5, 5.41) is 0. The molecule has 1 aliphatic rings. The molecule has 2 unspecified atom stereocenters. The summed E-state index contributed by atoms with van der Waals surface area (Å²) in [5.74, 6) is 0.194. The fourth-order valence-corrected chi connectivity index (χ4v) is 2.60. The van der Waals surface area contributed by atoms with Crippen LogP contribution < -0.4 is 0 Å². The summed E-state index contributed by atoms with van der Waals surface area (Å²) in [6.07, 6.45) is 0.750. The lowest BCUT2D eigenvalue weighted by molar-refractivity contribution is -0.00461. The van der Waals surface area contributed by atoms with Crippen LogP contribution in [0.4, 0.5) is 0 Å². The van der Waals surface area contributed by atoms with E-state index in [0.29, 0.717) is 6.42 Å². The molecule has 4 nitrogen and oxygen atoms in total. The molecule has 1 heterocycles. The number of nitrogens with zero attached hydrogens (tertiary/aromatic N) is 1. The number of ketones is 1. The molecular formula is C16H23NO3. The molecule has 1 aliphatic heterocycles. The van der Waals surface area contributed by atoms with Crippen LogP contribution in [0.15, 0.2) is 24.3 Å². The normalized spacial score (nSPS) is 23.1. The van der Waals surface area contributed by atoms with Crippen molar-refractivity contribution in [3.8, 4) is 0 Å². The van der Waals surface area contributed by atoms with Gasteiger partial charge in [0, 0.05) is 45.8 Å². The maximum atomic E-state index is 12.1. The van der Waals surface area contributed by atoms with Crippen molar-refractivity contribution in [3.05, 3.63) is 35.4 Å². The number of hydrogen-bond acceptors (Lipinski definition) is 4. The average molecular weight is 277 g/mol. The Kier molecular flexibility index (Phi) is 5.29. The van der Waals surface area contributed by atoms with E-state index < -0.39 is 0 Å². The molecular weight excluding hydrogens is 254 g/mol. The molecule has 1 fully saturated rings. The van der Waals surface area contributed by atoms with Crippen LogP contribution >= 0.6 is 0 Å². The van der Waals surface area contributed by atoms with E-state index in [4.69, 9.17) is 9.47 Å². The van der Waals surface area contributed by atoms with E-state index in [-0.39, 0.29) is 18.0 Å². The Hall–Kier alpha value is -1.23. The SMILES string of the molecule is COC1CN(CCC(=O)c2ccc(C)cc2)CC1OC. The van der Waals surface area contributed by atoms with E-state index in [1.54, 1.807) is 14.2 Å². The number of Topliss-reactive ketones (excluding diaryl/α,β-unsaturated/α-hetero) is 1. The zero-order valence-corrected chi connectivity index (χ0v) is 12.5. The second-order valence-corrected chi connectivity index (χ2v) is 5.35. The smallest absolute Gasteiger partial charge is 0.164 e. The van der Waals surface area contributed by atoms with Gasteiger partial charge in [-0.3, -0.25) is 9.69 Å². The predicted molar refractivity (Wildman–Crippen MR) is 78.2 cm³/mol. The van der Waals surface area contributed by atoms with Crippen LogP contribution in [-0.4, -0.2) is 56.7 Å². The molecule has 0 bridgehead atoms. The Morgan fingerprint density at radius 3 is 2.20 bits per heavy atom. The third-order valence-electron chi connectivity index (χ3n) is 3.93. The number of likely N-dealkylation sites (tertiary alicyclic amines) is 1. The maximum Gasteiger partial charge on any atom is 0.164 e. The number of hydrogen-bond donors (Lipinski definition) is 0. The Balaban J connectivity index is 1.83. The predicted octanol–water partition coefficient (Wildman–Crippen LogP) is 1.91. The number of carbonyl (C=O) groups excluding carboxylic acids is 1. The fourth-order valence-electron chi connectivity index (χ4n) is 2.60. The van der Waals surface area contributed by atoms with E-state index in [0.717, 1.165) is 25.2 Å². The molecule has 0 N–H and O–H groups in total. The van der Waals surface area contributed by atoms with Crippen LogP contribution in [0, 0.1) is 6.92 Å². The van der Waals surface area contributed by atoms with Gasteiger partial charge in [0.15, 0.2) is 5.78 Å². The van der Waals surface area contributed by atoms with Gasteiger partial charge in [0.05, 0.1) is 12.2 Å². The van der Waals surface area contributed by atoms with Gasteiger partial charge in [-0.25, -0.2) is 0 Å². The summed E-state index contributed by atoms with van der Waals surface area (Å²) < 4.78 is 10.8. The molecule has 1 aromatic carbocycles. The van der Waals surface area contributed by atoms with Crippen LogP contribution in [0.1, 0.15) is 22.3 Å². The van der Waals surface area contributed by atoms with E-state index >= 15 is 0 Å². The number of ether oxygens (including phenoxy) is 2. The van der Waals surface area contributed by atoms with Gasteiger partial charge in [0.25, 0.3) is 0 Å². The fraction of sp³-hybridized carbons (Fsp3) is 0.562. The Morgan fingerprint density at radius 1 is 1.15 bits per heavy atom. The second kappa shape index (κ2) is 6.97. The molecule has 0 radical (unpaired) electrons. The van der Waals surface area contributed by atoms with Gasteiger partial charge < -0.3 is 9.47 Å². The average Bonchev–Trinajstić information content (AvgIpc) is 2.88. The lowest BCUT2D eigenvalue weighted by Gasteiger charge is -2.14. The first kappa shape index (κ1) is 15.2. The highest BCUT2D eigenvalue weighted by atomic mass is 16.5. The quantitative estimate of drug-likeness (QED) is 0.745. The number of carbonyl (C=O) groups is 1. The first-order chi connectivity index (χ1) is 9.63. The van der Waals surface area contributed by atoms with Crippen LogP contribution in [-0.2, 0) is 9.47 Å². The van der Waals surface area contributed by atoms with Crippen molar-refractivity contribution in [1.82, 2.24) is 4.90 Å². The van der Waals surface area contributed by atoms with Gasteiger partial charge >= 0.3 is 0 Å². The van der Waals surface area contributed by atoms with Crippen molar-refractivity contribution in [2.75, 3.05) is 33.9 Å². The minimum absolute atomic E-state index is 0.106. The van der Waals surface area contributed by atoms with Crippen molar-refractivity contribution in [1.29, 1.82) is 0 Å².